The van der Waals surface area contributed by atoms with Gasteiger partial charge in [0.05, 0.1) is 29.0 Å². The Morgan fingerprint density at radius 1 is 1.17 bits per heavy atom. The smallest absolute Gasteiger partial charge is 0.335 e. The molecule has 0 amide bonds. The summed E-state index contributed by atoms with van der Waals surface area (Å²) in [6.45, 7) is 2.09. The van der Waals surface area contributed by atoms with Crippen molar-refractivity contribution in [3.63, 3.8) is 0 Å². The van der Waals surface area contributed by atoms with E-state index in [-0.39, 0.29) is 6.04 Å². The molecule has 0 aliphatic rings. The van der Waals surface area contributed by atoms with Gasteiger partial charge in [0.15, 0.2) is 0 Å². The lowest BCUT2D eigenvalue weighted by Gasteiger charge is -2.19. The maximum atomic E-state index is 10.9. The van der Waals surface area contributed by atoms with Crippen molar-refractivity contribution in [3.8, 4) is 0 Å². The number of carboxylic acid groups (broad SMARTS) is 1. The molecule has 0 saturated carbocycles. The lowest BCUT2D eigenvalue weighted by Crippen LogP contribution is -2.10. The molecule has 1 atom stereocenters. The van der Waals surface area contributed by atoms with Gasteiger partial charge in [-0.2, -0.15) is 0 Å². The summed E-state index contributed by atoms with van der Waals surface area (Å²) >= 11 is 0. The Labute approximate surface area is 134 Å². The molecule has 1 unspecified atom stereocenters. The van der Waals surface area contributed by atoms with E-state index in [2.05, 4.69) is 23.3 Å². The van der Waals surface area contributed by atoms with E-state index in [1.165, 1.54) is 0 Å². The molecule has 4 heteroatoms. The zero-order chi connectivity index (χ0) is 16.2. The molecule has 0 saturated heterocycles. The SMILES string of the molecule is CCC(Nc1cnc2ccccc2c1)c1ccc(C(=O)O)cc1. The highest BCUT2D eigenvalue weighted by Crippen LogP contribution is 2.24. The number of aromatic nitrogens is 1. The first-order valence-electron chi connectivity index (χ1n) is 7.62. The number of fused-ring (bicyclic) bond motifs is 1. The lowest BCUT2D eigenvalue weighted by atomic mass is 10.0. The molecule has 3 aromatic rings. The average molecular weight is 306 g/mol. The van der Waals surface area contributed by atoms with E-state index in [0.717, 1.165) is 28.6 Å². The van der Waals surface area contributed by atoms with Gasteiger partial charge in [0.2, 0.25) is 0 Å². The molecule has 0 aliphatic heterocycles. The number of hydrogen-bond donors (Lipinski definition) is 2. The van der Waals surface area contributed by atoms with Gasteiger partial charge < -0.3 is 10.4 Å². The summed E-state index contributed by atoms with van der Waals surface area (Å²) in [6, 6.07) is 17.2. The van der Waals surface area contributed by atoms with Crippen LogP contribution in [0.1, 0.15) is 35.3 Å². The van der Waals surface area contributed by atoms with Gasteiger partial charge in [-0.15, -0.1) is 0 Å². The minimum absolute atomic E-state index is 0.112. The Bertz CT molecular complexity index is 828. The van der Waals surface area contributed by atoms with Crippen LogP contribution in [0.3, 0.4) is 0 Å². The monoisotopic (exact) mass is 306 g/mol. The first-order valence-corrected chi connectivity index (χ1v) is 7.62. The first-order chi connectivity index (χ1) is 11.2. The molecule has 1 aromatic heterocycles. The summed E-state index contributed by atoms with van der Waals surface area (Å²) in [4.78, 5) is 15.4. The molecular formula is C19H18N2O2. The van der Waals surface area contributed by atoms with Gasteiger partial charge in [-0.1, -0.05) is 37.3 Å². The van der Waals surface area contributed by atoms with Crippen molar-refractivity contribution in [3.05, 3.63) is 71.9 Å². The normalized spacial score (nSPS) is 12.0. The second kappa shape index (κ2) is 6.48. The van der Waals surface area contributed by atoms with Gasteiger partial charge in [-0.05, 0) is 36.2 Å². The number of anilines is 1. The Morgan fingerprint density at radius 2 is 1.91 bits per heavy atom. The summed E-state index contributed by atoms with van der Waals surface area (Å²) in [7, 11) is 0. The minimum atomic E-state index is -0.906. The van der Waals surface area contributed by atoms with Gasteiger partial charge in [-0.3, -0.25) is 4.98 Å². The number of carboxylic acids is 1. The van der Waals surface area contributed by atoms with Crippen LogP contribution >= 0.6 is 0 Å². The van der Waals surface area contributed by atoms with Gasteiger partial charge in [0.25, 0.3) is 0 Å². The molecule has 2 aromatic carbocycles. The third kappa shape index (κ3) is 3.31. The van der Waals surface area contributed by atoms with Crippen molar-refractivity contribution in [1.82, 2.24) is 4.98 Å². The van der Waals surface area contributed by atoms with Crippen LogP contribution in [0.2, 0.25) is 0 Å². The fourth-order valence-corrected chi connectivity index (χ4v) is 2.63. The molecule has 0 aliphatic carbocycles. The first kappa shape index (κ1) is 15.0. The molecule has 2 N–H and O–H groups in total. The van der Waals surface area contributed by atoms with Crippen molar-refractivity contribution in [2.45, 2.75) is 19.4 Å². The van der Waals surface area contributed by atoms with Gasteiger partial charge in [-0.25, -0.2) is 4.79 Å². The Balaban J connectivity index is 1.84. The molecule has 1 heterocycles. The Hall–Kier alpha value is -2.88. The van der Waals surface area contributed by atoms with Crippen LogP contribution < -0.4 is 5.32 Å². The number of pyridine rings is 1. The van der Waals surface area contributed by atoms with E-state index in [4.69, 9.17) is 5.11 Å². The Kier molecular flexibility index (Phi) is 4.24. The highest BCUT2D eigenvalue weighted by atomic mass is 16.4. The quantitative estimate of drug-likeness (QED) is 0.728. The number of hydrogen-bond acceptors (Lipinski definition) is 3. The predicted octanol–water partition coefficient (Wildman–Crippen LogP) is 4.50. The zero-order valence-corrected chi connectivity index (χ0v) is 12.9. The maximum Gasteiger partial charge on any atom is 0.335 e. The average Bonchev–Trinajstić information content (AvgIpc) is 2.59. The molecule has 0 spiro atoms. The number of benzene rings is 2. The number of aromatic carboxylic acids is 1. The van der Waals surface area contributed by atoms with Crippen molar-refractivity contribution in [1.29, 1.82) is 0 Å². The Morgan fingerprint density at radius 3 is 2.61 bits per heavy atom. The van der Waals surface area contributed by atoms with E-state index in [1.807, 2.05) is 42.6 Å². The van der Waals surface area contributed by atoms with Crippen LogP contribution in [0.5, 0.6) is 0 Å². The third-order valence-electron chi connectivity index (χ3n) is 3.90. The molecule has 116 valence electrons. The van der Waals surface area contributed by atoms with Crippen LogP contribution in [0.15, 0.2) is 60.8 Å². The summed E-state index contributed by atoms with van der Waals surface area (Å²) in [5, 5.41) is 13.6. The number of carbonyl (C=O) groups is 1. The topological polar surface area (TPSA) is 62.2 Å². The molecule has 0 radical (unpaired) electrons. The highest BCUT2D eigenvalue weighted by Gasteiger charge is 2.11. The van der Waals surface area contributed by atoms with E-state index in [1.54, 1.807) is 12.1 Å². The largest absolute Gasteiger partial charge is 0.478 e. The van der Waals surface area contributed by atoms with Crippen LogP contribution in [0.25, 0.3) is 10.9 Å². The summed E-state index contributed by atoms with van der Waals surface area (Å²) in [5.74, 6) is -0.906. The van der Waals surface area contributed by atoms with Crippen LogP contribution in [0, 0.1) is 0 Å². The van der Waals surface area contributed by atoms with Crippen LogP contribution in [-0.2, 0) is 0 Å². The number of rotatable bonds is 5. The zero-order valence-electron chi connectivity index (χ0n) is 12.9. The summed E-state index contributed by atoms with van der Waals surface area (Å²) in [6.07, 6.45) is 2.72. The van der Waals surface area contributed by atoms with Crippen molar-refractivity contribution in [2.75, 3.05) is 5.32 Å². The van der Waals surface area contributed by atoms with Gasteiger partial charge in [0.1, 0.15) is 0 Å². The van der Waals surface area contributed by atoms with Crippen LogP contribution in [-0.4, -0.2) is 16.1 Å². The molecule has 0 bridgehead atoms. The van der Waals surface area contributed by atoms with E-state index >= 15 is 0 Å². The second-order valence-corrected chi connectivity index (χ2v) is 5.45. The molecule has 4 nitrogen and oxygen atoms in total. The number of para-hydroxylation sites is 1. The third-order valence-corrected chi connectivity index (χ3v) is 3.90. The van der Waals surface area contributed by atoms with E-state index < -0.39 is 5.97 Å². The standard InChI is InChI=1S/C19H18N2O2/c1-2-17(13-7-9-14(10-8-13)19(22)23)21-16-11-15-5-3-4-6-18(15)20-12-16/h3-12,17,21H,2H2,1H3,(H,22,23). The van der Waals surface area contributed by atoms with Gasteiger partial charge in [0, 0.05) is 5.39 Å². The predicted molar refractivity (Wildman–Crippen MR) is 91.8 cm³/mol. The van der Waals surface area contributed by atoms with E-state index in [0.29, 0.717) is 5.56 Å². The lowest BCUT2D eigenvalue weighted by molar-refractivity contribution is 0.0697. The van der Waals surface area contributed by atoms with Crippen molar-refractivity contribution < 1.29 is 9.90 Å². The number of nitrogens with one attached hydrogen (secondary N) is 1. The minimum Gasteiger partial charge on any atom is -0.478 e. The second-order valence-electron chi connectivity index (χ2n) is 5.45. The van der Waals surface area contributed by atoms with Crippen molar-refractivity contribution >= 4 is 22.6 Å². The fourth-order valence-electron chi connectivity index (χ4n) is 2.63. The summed E-state index contributed by atoms with van der Waals surface area (Å²) < 4.78 is 0. The molecule has 3 rings (SSSR count). The maximum absolute atomic E-state index is 10.9. The summed E-state index contributed by atoms with van der Waals surface area (Å²) in [5.41, 5.74) is 3.29. The van der Waals surface area contributed by atoms with Gasteiger partial charge >= 0.3 is 5.97 Å². The van der Waals surface area contributed by atoms with E-state index in [9.17, 15) is 4.79 Å². The molecule has 23 heavy (non-hydrogen) atoms. The van der Waals surface area contributed by atoms with Crippen LogP contribution in [0.4, 0.5) is 5.69 Å². The fraction of sp³-hybridized carbons (Fsp3) is 0.158. The highest BCUT2D eigenvalue weighted by molar-refractivity contribution is 5.87. The number of nitrogens with zero attached hydrogens (tertiary/aromatic N) is 1. The van der Waals surface area contributed by atoms with Crippen molar-refractivity contribution in [2.24, 2.45) is 0 Å². The molecular weight excluding hydrogens is 288 g/mol. The molecule has 0 fully saturated rings.